The summed E-state index contributed by atoms with van der Waals surface area (Å²) in [6.07, 6.45) is 3.39. The van der Waals surface area contributed by atoms with Crippen LogP contribution in [0.4, 0.5) is 0 Å². The summed E-state index contributed by atoms with van der Waals surface area (Å²) >= 11 is 0. The number of hydrogen-bond acceptors (Lipinski definition) is 4. The van der Waals surface area contributed by atoms with E-state index in [0.29, 0.717) is 11.4 Å². The molecule has 10 rings (SSSR count). The fourth-order valence-electron chi connectivity index (χ4n) is 8.60. The minimum atomic E-state index is -0.515. The maximum absolute atomic E-state index is 9.48. The van der Waals surface area contributed by atoms with E-state index in [2.05, 4.69) is 156 Å². The van der Waals surface area contributed by atoms with E-state index in [4.69, 9.17) is 0 Å². The molecule has 0 aliphatic heterocycles. The molecule has 6 aromatic carbocycles. The minimum absolute atomic E-state index is 0.403. The molecule has 0 radical (unpaired) electrons. The van der Waals surface area contributed by atoms with Crippen LogP contribution in [0.25, 0.3) is 66.8 Å². The van der Waals surface area contributed by atoms with Crippen LogP contribution in [0.15, 0.2) is 170 Å². The van der Waals surface area contributed by atoms with Crippen molar-refractivity contribution in [2.75, 3.05) is 0 Å². The lowest BCUT2D eigenvalue weighted by atomic mass is 9.70. The third-order valence-corrected chi connectivity index (χ3v) is 10.9. The summed E-state index contributed by atoms with van der Waals surface area (Å²) < 4.78 is 0. The first-order chi connectivity index (χ1) is 26.1. The van der Waals surface area contributed by atoms with Gasteiger partial charge in [0.25, 0.3) is 0 Å². The van der Waals surface area contributed by atoms with Gasteiger partial charge < -0.3 is 0 Å². The zero-order valence-electron chi connectivity index (χ0n) is 28.5. The first-order valence-corrected chi connectivity index (χ1v) is 17.6. The van der Waals surface area contributed by atoms with Crippen molar-refractivity contribution < 1.29 is 0 Å². The van der Waals surface area contributed by atoms with Gasteiger partial charge in [0.1, 0.15) is 23.5 Å². The second-order valence-corrected chi connectivity index (χ2v) is 13.6. The van der Waals surface area contributed by atoms with Gasteiger partial charge in [0, 0.05) is 12.4 Å². The maximum Gasteiger partial charge on any atom is 0.141 e. The molecule has 0 saturated carbocycles. The van der Waals surface area contributed by atoms with Crippen molar-refractivity contribution in [2.45, 2.75) is 5.41 Å². The lowest BCUT2D eigenvalue weighted by Gasteiger charge is -2.31. The van der Waals surface area contributed by atoms with Crippen molar-refractivity contribution >= 4 is 0 Å². The van der Waals surface area contributed by atoms with Crippen LogP contribution in [0.1, 0.15) is 33.6 Å². The molecule has 0 amide bonds. The Morgan fingerprint density at radius 3 is 1.15 bits per heavy atom. The van der Waals surface area contributed by atoms with Crippen LogP contribution >= 0.6 is 0 Å². The molecule has 0 bridgehead atoms. The lowest BCUT2D eigenvalue weighted by Crippen LogP contribution is -2.26. The van der Waals surface area contributed by atoms with E-state index in [1.54, 1.807) is 12.4 Å². The summed E-state index contributed by atoms with van der Waals surface area (Å²) in [6, 6.07) is 60.6. The molecule has 2 aliphatic carbocycles. The van der Waals surface area contributed by atoms with Crippen molar-refractivity contribution in [3.63, 3.8) is 0 Å². The number of benzene rings is 6. The molecule has 4 nitrogen and oxygen atoms in total. The van der Waals surface area contributed by atoms with E-state index in [9.17, 15) is 10.5 Å². The van der Waals surface area contributed by atoms with Crippen LogP contribution in [-0.2, 0) is 5.41 Å². The van der Waals surface area contributed by atoms with Crippen molar-refractivity contribution in [2.24, 2.45) is 0 Å². The van der Waals surface area contributed by atoms with Gasteiger partial charge in [0.2, 0.25) is 0 Å². The van der Waals surface area contributed by atoms with Gasteiger partial charge in [0.05, 0.1) is 5.41 Å². The van der Waals surface area contributed by atoms with E-state index in [-0.39, 0.29) is 0 Å². The van der Waals surface area contributed by atoms with Crippen molar-refractivity contribution in [1.29, 1.82) is 10.5 Å². The highest BCUT2D eigenvalue weighted by Crippen LogP contribution is 2.63. The average molecular weight is 673 g/mol. The zero-order chi connectivity index (χ0) is 35.5. The van der Waals surface area contributed by atoms with Gasteiger partial charge in [0.15, 0.2) is 0 Å². The van der Waals surface area contributed by atoms with Gasteiger partial charge in [-0.15, -0.1) is 0 Å². The Morgan fingerprint density at radius 2 is 0.717 bits per heavy atom. The predicted octanol–water partition coefficient (Wildman–Crippen LogP) is 11.2. The van der Waals surface area contributed by atoms with Gasteiger partial charge in [-0.2, -0.15) is 10.5 Å². The van der Waals surface area contributed by atoms with E-state index < -0.39 is 5.41 Å². The number of hydrogen-bond donors (Lipinski definition) is 0. The number of fused-ring (bicyclic) bond motifs is 10. The van der Waals surface area contributed by atoms with E-state index in [1.807, 2.05) is 24.3 Å². The standard InChI is InChI=1S/C49H28N4/c50-29-39-25-37(19-21-52-39)33-9-5-7-31(23-33)35-15-17-43-44-18-16-36(32-8-6-10-34(24-32)38-20-22-53-40(26-38)30-51)28-48(44)49(47(43)27-35)45-13-3-1-11-41(45)42-12-2-4-14-46(42)49/h1-28H. The van der Waals surface area contributed by atoms with Crippen LogP contribution in [0.3, 0.4) is 0 Å². The summed E-state index contributed by atoms with van der Waals surface area (Å²) in [5, 5.41) is 19.0. The summed E-state index contributed by atoms with van der Waals surface area (Å²) in [5.41, 5.74) is 18.9. The molecule has 0 N–H and O–H groups in total. The van der Waals surface area contributed by atoms with Gasteiger partial charge >= 0.3 is 0 Å². The predicted molar refractivity (Wildman–Crippen MR) is 210 cm³/mol. The van der Waals surface area contributed by atoms with E-state index >= 15 is 0 Å². The molecule has 0 atom stereocenters. The molecule has 0 fully saturated rings. The van der Waals surface area contributed by atoms with E-state index in [0.717, 1.165) is 44.5 Å². The van der Waals surface area contributed by atoms with Gasteiger partial charge in [-0.05, 0) is 138 Å². The van der Waals surface area contributed by atoms with Gasteiger partial charge in [-0.25, -0.2) is 9.97 Å². The average Bonchev–Trinajstić information content (AvgIpc) is 3.70. The Kier molecular flexibility index (Phi) is 6.80. The molecule has 0 unspecified atom stereocenters. The molecular weight excluding hydrogens is 645 g/mol. The number of nitrogens with zero attached hydrogens (tertiary/aromatic N) is 4. The fourth-order valence-corrected chi connectivity index (χ4v) is 8.60. The molecular formula is C49H28N4. The van der Waals surface area contributed by atoms with Gasteiger partial charge in [-0.1, -0.05) is 109 Å². The second-order valence-electron chi connectivity index (χ2n) is 13.6. The molecule has 244 valence electrons. The van der Waals surface area contributed by atoms with Crippen LogP contribution < -0.4 is 0 Å². The molecule has 1 spiro atoms. The fraction of sp³-hybridized carbons (Fsp3) is 0.0204. The molecule has 2 aliphatic rings. The number of aromatic nitrogens is 2. The molecule has 8 aromatic rings. The topological polar surface area (TPSA) is 73.4 Å². The monoisotopic (exact) mass is 672 g/mol. The summed E-state index contributed by atoms with van der Waals surface area (Å²) in [5.74, 6) is 0. The first kappa shape index (κ1) is 30.4. The minimum Gasteiger partial charge on any atom is -0.246 e. The lowest BCUT2D eigenvalue weighted by molar-refractivity contribution is 0.794. The zero-order valence-corrected chi connectivity index (χ0v) is 28.5. The highest BCUT2D eigenvalue weighted by atomic mass is 14.7. The molecule has 53 heavy (non-hydrogen) atoms. The van der Waals surface area contributed by atoms with E-state index in [1.165, 1.54) is 44.5 Å². The number of pyridine rings is 2. The third kappa shape index (κ3) is 4.60. The smallest absolute Gasteiger partial charge is 0.141 e. The third-order valence-electron chi connectivity index (χ3n) is 10.9. The Hall–Kier alpha value is -7.40. The first-order valence-electron chi connectivity index (χ1n) is 17.6. The Morgan fingerprint density at radius 1 is 0.340 bits per heavy atom. The highest BCUT2D eigenvalue weighted by molar-refractivity contribution is 5.97. The van der Waals surface area contributed by atoms with Crippen molar-refractivity contribution in [1.82, 2.24) is 9.97 Å². The maximum atomic E-state index is 9.48. The van der Waals surface area contributed by atoms with Crippen LogP contribution in [0.2, 0.25) is 0 Å². The normalized spacial score (nSPS) is 12.6. The summed E-state index contributed by atoms with van der Waals surface area (Å²) in [6.45, 7) is 0. The molecule has 0 saturated heterocycles. The van der Waals surface area contributed by atoms with Crippen LogP contribution in [0.5, 0.6) is 0 Å². The quantitative estimate of drug-likeness (QED) is 0.186. The molecule has 4 heteroatoms. The summed E-state index contributed by atoms with van der Waals surface area (Å²) in [7, 11) is 0. The highest BCUT2D eigenvalue weighted by Gasteiger charge is 2.51. The Labute approximate surface area is 307 Å². The number of nitriles is 2. The Bertz CT molecular complexity index is 2690. The van der Waals surface area contributed by atoms with Gasteiger partial charge in [-0.3, -0.25) is 0 Å². The largest absolute Gasteiger partial charge is 0.246 e. The van der Waals surface area contributed by atoms with Crippen molar-refractivity contribution in [3.8, 4) is 78.9 Å². The second kappa shape index (κ2) is 11.8. The molecule has 2 aromatic heterocycles. The summed E-state index contributed by atoms with van der Waals surface area (Å²) in [4.78, 5) is 8.35. The molecule has 2 heterocycles. The Balaban J connectivity index is 1.18. The SMILES string of the molecule is N#Cc1cc(-c2cccc(-c3ccc4c(c3)C3(c5ccccc5-c5ccccc53)c3cc(-c5cccc(-c6ccnc(C#N)c6)c5)ccc3-4)c2)ccn1. The number of rotatable bonds is 4. The van der Waals surface area contributed by atoms with Crippen molar-refractivity contribution in [3.05, 3.63) is 204 Å². The van der Waals surface area contributed by atoms with Crippen LogP contribution in [-0.4, -0.2) is 9.97 Å². The van der Waals surface area contributed by atoms with Crippen LogP contribution in [0, 0.1) is 22.7 Å².